The highest BCUT2D eigenvalue weighted by atomic mass is 16.2. The fraction of sp³-hybridized carbons (Fsp3) is 0.917. The third-order valence-electron chi connectivity index (χ3n) is 2.81. The van der Waals surface area contributed by atoms with Crippen LogP contribution in [0.3, 0.4) is 0 Å². The fourth-order valence-corrected chi connectivity index (χ4v) is 1.82. The summed E-state index contributed by atoms with van der Waals surface area (Å²) in [7, 11) is 3.64. The average molecular weight is 229 g/mol. The predicted molar refractivity (Wildman–Crippen MR) is 67.7 cm³/mol. The van der Waals surface area contributed by atoms with Crippen LogP contribution in [0, 0.1) is 11.3 Å². The van der Waals surface area contributed by atoms with Crippen LogP contribution in [0.5, 0.6) is 0 Å². The van der Waals surface area contributed by atoms with Crippen molar-refractivity contribution in [2.45, 2.75) is 40.0 Å². The Balaban J connectivity index is 4.07. The van der Waals surface area contributed by atoms with Gasteiger partial charge in [-0.25, -0.2) is 5.01 Å². The van der Waals surface area contributed by atoms with E-state index in [-0.39, 0.29) is 11.3 Å². The topological polar surface area (TPSA) is 58.4 Å². The maximum Gasteiger partial charge on any atom is 0.234 e. The number of hydrogen-bond acceptors (Lipinski definition) is 3. The van der Waals surface area contributed by atoms with E-state index in [0.717, 1.165) is 12.8 Å². The number of carbonyl (C=O) groups excluding carboxylic acids is 1. The van der Waals surface area contributed by atoms with E-state index in [0.29, 0.717) is 18.9 Å². The van der Waals surface area contributed by atoms with Crippen LogP contribution >= 0.6 is 0 Å². The van der Waals surface area contributed by atoms with Gasteiger partial charge in [0.05, 0.1) is 0 Å². The number of nitrogens with one attached hydrogen (secondary N) is 1. The van der Waals surface area contributed by atoms with Crippen LogP contribution in [0.2, 0.25) is 0 Å². The second kappa shape index (κ2) is 6.86. The van der Waals surface area contributed by atoms with E-state index in [4.69, 9.17) is 5.73 Å². The SMILES string of the molecule is CN(C)NC(=O)CCC(CCN)C(C)(C)C. The highest BCUT2D eigenvalue weighted by Crippen LogP contribution is 2.31. The van der Waals surface area contributed by atoms with Crippen molar-refractivity contribution in [2.75, 3.05) is 20.6 Å². The smallest absolute Gasteiger partial charge is 0.234 e. The van der Waals surface area contributed by atoms with Crippen molar-refractivity contribution in [1.29, 1.82) is 0 Å². The number of nitrogens with two attached hydrogens (primary N) is 1. The molecule has 0 aliphatic heterocycles. The molecule has 0 aromatic carbocycles. The van der Waals surface area contributed by atoms with Crippen LogP contribution in [0.15, 0.2) is 0 Å². The zero-order valence-electron chi connectivity index (χ0n) is 11.3. The molecule has 0 rings (SSSR count). The minimum Gasteiger partial charge on any atom is -0.330 e. The van der Waals surface area contributed by atoms with Crippen LogP contribution < -0.4 is 11.2 Å². The van der Waals surface area contributed by atoms with E-state index in [1.54, 1.807) is 5.01 Å². The highest BCUT2D eigenvalue weighted by molar-refractivity contribution is 5.75. The lowest BCUT2D eigenvalue weighted by molar-refractivity contribution is -0.125. The maximum atomic E-state index is 11.5. The summed E-state index contributed by atoms with van der Waals surface area (Å²) in [6, 6.07) is 0. The molecule has 0 radical (unpaired) electrons. The van der Waals surface area contributed by atoms with Gasteiger partial charge in [0.25, 0.3) is 0 Å². The summed E-state index contributed by atoms with van der Waals surface area (Å²) in [5, 5.41) is 1.68. The van der Waals surface area contributed by atoms with Crippen molar-refractivity contribution in [1.82, 2.24) is 10.4 Å². The van der Waals surface area contributed by atoms with Crippen LogP contribution in [-0.4, -0.2) is 31.6 Å². The number of carbonyl (C=O) groups is 1. The maximum absolute atomic E-state index is 11.5. The zero-order valence-corrected chi connectivity index (χ0v) is 11.3. The molecule has 1 atom stereocenters. The molecular formula is C12H27N3O. The molecular weight excluding hydrogens is 202 g/mol. The molecule has 0 aliphatic carbocycles. The van der Waals surface area contributed by atoms with E-state index in [2.05, 4.69) is 26.2 Å². The van der Waals surface area contributed by atoms with Gasteiger partial charge in [0, 0.05) is 20.5 Å². The number of rotatable bonds is 6. The Bertz CT molecular complexity index is 209. The van der Waals surface area contributed by atoms with Crippen molar-refractivity contribution in [2.24, 2.45) is 17.1 Å². The molecule has 16 heavy (non-hydrogen) atoms. The van der Waals surface area contributed by atoms with E-state index >= 15 is 0 Å². The third kappa shape index (κ3) is 6.80. The van der Waals surface area contributed by atoms with Crippen molar-refractivity contribution in [3.05, 3.63) is 0 Å². The Hall–Kier alpha value is -0.610. The summed E-state index contributed by atoms with van der Waals surface area (Å²) in [6.07, 6.45) is 2.46. The Morgan fingerprint density at radius 3 is 2.25 bits per heavy atom. The molecule has 3 N–H and O–H groups in total. The van der Waals surface area contributed by atoms with Crippen LogP contribution in [0.1, 0.15) is 40.0 Å². The number of hydrazine groups is 1. The van der Waals surface area contributed by atoms with Crippen molar-refractivity contribution in [3.63, 3.8) is 0 Å². The molecule has 0 aromatic heterocycles. The molecule has 0 saturated carbocycles. The van der Waals surface area contributed by atoms with Gasteiger partial charge in [-0.2, -0.15) is 0 Å². The molecule has 0 bridgehead atoms. The molecule has 96 valence electrons. The first-order chi connectivity index (χ1) is 7.27. The summed E-state index contributed by atoms with van der Waals surface area (Å²) in [5.41, 5.74) is 8.58. The van der Waals surface area contributed by atoms with Gasteiger partial charge in [0.15, 0.2) is 0 Å². The van der Waals surface area contributed by atoms with Crippen LogP contribution in [-0.2, 0) is 4.79 Å². The van der Waals surface area contributed by atoms with Gasteiger partial charge in [0.1, 0.15) is 0 Å². The Kier molecular flexibility index (Phi) is 6.60. The molecule has 0 spiro atoms. The van der Waals surface area contributed by atoms with Crippen molar-refractivity contribution < 1.29 is 4.79 Å². The predicted octanol–water partition coefficient (Wildman–Crippen LogP) is 1.37. The van der Waals surface area contributed by atoms with Gasteiger partial charge in [0.2, 0.25) is 5.91 Å². The molecule has 4 heteroatoms. The zero-order chi connectivity index (χ0) is 12.8. The second-order valence-corrected chi connectivity index (χ2v) is 5.61. The quantitative estimate of drug-likeness (QED) is 0.676. The number of hydrogen-bond donors (Lipinski definition) is 2. The normalized spacial score (nSPS) is 13.9. The lowest BCUT2D eigenvalue weighted by atomic mass is 9.76. The molecule has 0 aliphatic rings. The number of amides is 1. The first kappa shape index (κ1) is 15.4. The largest absolute Gasteiger partial charge is 0.330 e. The van der Waals surface area contributed by atoms with Gasteiger partial charge < -0.3 is 5.73 Å². The third-order valence-corrected chi connectivity index (χ3v) is 2.81. The van der Waals surface area contributed by atoms with E-state index in [1.165, 1.54) is 0 Å². The van der Waals surface area contributed by atoms with Gasteiger partial charge in [-0.15, -0.1) is 0 Å². The summed E-state index contributed by atoms with van der Waals surface area (Å²) < 4.78 is 0. The molecule has 1 unspecified atom stereocenters. The standard InChI is InChI=1S/C12H27N3O/c1-12(2,3)10(8-9-13)6-7-11(16)14-15(4)5/h10H,6-9,13H2,1-5H3,(H,14,16). The lowest BCUT2D eigenvalue weighted by Crippen LogP contribution is -2.36. The minimum atomic E-state index is 0.0799. The second-order valence-electron chi connectivity index (χ2n) is 5.61. The lowest BCUT2D eigenvalue weighted by Gasteiger charge is -2.30. The summed E-state index contributed by atoms with van der Waals surface area (Å²) >= 11 is 0. The highest BCUT2D eigenvalue weighted by Gasteiger charge is 2.24. The summed E-state index contributed by atoms with van der Waals surface area (Å²) in [5.74, 6) is 0.585. The molecule has 0 fully saturated rings. The first-order valence-corrected chi connectivity index (χ1v) is 5.94. The molecule has 0 heterocycles. The van der Waals surface area contributed by atoms with E-state index < -0.39 is 0 Å². The first-order valence-electron chi connectivity index (χ1n) is 5.94. The summed E-state index contributed by atoms with van der Waals surface area (Å²) in [4.78, 5) is 11.5. The summed E-state index contributed by atoms with van der Waals surface area (Å²) in [6.45, 7) is 7.31. The van der Waals surface area contributed by atoms with Crippen molar-refractivity contribution in [3.8, 4) is 0 Å². The Morgan fingerprint density at radius 2 is 1.88 bits per heavy atom. The van der Waals surface area contributed by atoms with Gasteiger partial charge in [-0.05, 0) is 30.7 Å². The van der Waals surface area contributed by atoms with E-state index in [9.17, 15) is 4.79 Å². The van der Waals surface area contributed by atoms with E-state index in [1.807, 2.05) is 14.1 Å². The van der Waals surface area contributed by atoms with Gasteiger partial charge in [-0.1, -0.05) is 20.8 Å². The van der Waals surface area contributed by atoms with Gasteiger partial charge >= 0.3 is 0 Å². The Labute approximate surface area is 99.5 Å². The fourth-order valence-electron chi connectivity index (χ4n) is 1.82. The van der Waals surface area contributed by atoms with Crippen molar-refractivity contribution >= 4 is 5.91 Å². The minimum absolute atomic E-state index is 0.0799. The van der Waals surface area contributed by atoms with Crippen LogP contribution in [0.4, 0.5) is 0 Å². The monoisotopic (exact) mass is 229 g/mol. The Morgan fingerprint density at radius 1 is 1.31 bits per heavy atom. The van der Waals surface area contributed by atoms with Gasteiger partial charge in [-0.3, -0.25) is 10.2 Å². The number of nitrogens with zero attached hydrogens (tertiary/aromatic N) is 1. The average Bonchev–Trinajstić information content (AvgIpc) is 2.08. The molecule has 4 nitrogen and oxygen atoms in total. The molecule has 0 aromatic rings. The molecule has 0 saturated heterocycles. The van der Waals surface area contributed by atoms with Crippen LogP contribution in [0.25, 0.3) is 0 Å². The molecule has 1 amide bonds.